The molecule has 0 heterocycles. The number of aliphatic hydroxyl groups is 1. The Labute approximate surface area is 107 Å². The van der Waals surface area contributed by atoms with Crippen molar-refractivity contribution < 1.29 is 19.4 Å². The number of aliphatic hydroxyl groups excluding tert-OH is 1. The van der Waals surface area contributed by atoms with E-state index in [-0.39, 0.29) is 17.5 Å². The summed E-state index contributed by atoms with van der Waals surface area (Å²) in [7, 11) is 0. The number of esters is 1. The molecular formula is C14H20O4. The van der Waals surface area contributed by atoms with E-state index in [4.69, 9.17) is 4.74 Å². The number of ether oxygens (including phenoxy) is 1. The molecule has 1 unspecified atom stereocenters. The third-order valence-electron chi connectivity index (χ3n) is 4.11. The topological polar surface area (TPSA) is 63.6 Å². The molecule has 4 heteroatoms. The Morgan fingerprint density at radius 2 is 2.11 bits per heavy atom. The predicted molar refractivity (Wildman–Crippen MR) is 66.0 cm³/mol. The lowest BCUT2D eigenvalue weighted by molar-refractivity contribution is -0.155. The smallest absolute Gasteiger partial charge is 0.317 e. The molecule has 1 atom stereocenters. The molecule has 1 spiro atoms. The Bertz CT molecular complexity index is 377. The Kier molecular flexibility index (Phi) is 3.73. The van der Waals surface area contributed by atoms with Crippen molar-refractivity contribution in [1.29, 1.82) is 0 Å². The van der Waals surface area contributed by atoms with Gasteiger partial charge >= 0.3 is 5.97 Å². The van der Waals surface area contributed by atoms with E-state index in [1.807, 2.05) is 0 Å². The molecule has 1 saturated carbocycles. The number of carbonyl (C=O) groups is 2. The third-order valence-corrected chi connectivity index (χ3v) is 4.11. The average Bonchev–Trinajstić information content (AvgIpc) is 2.28. The second-order valence-corrected chi connectivity index (χ2v) is 5.32. The van der Waals surface area contributed by atoms with E-state index < -0.39 is 11.3 Å². The summed E-state index contributed by atoms with van der Waals surface area (Å²) in [5.41, 5.74) is -0.402. The minimum absolute atomic E-state index is 0.0741. The quantitative estimate of drug-likeness (QED) is 0.767. The maximum absolute atomic E-state index is 12.1. The van der Waals surface area contributed by atoms with Gasteiger partial charge in [-0.05, 0) is 25.2 Å². The molecule has 18 heavy (non-hydrogen) atoms. The van der Waals surface area contributed by atoms with Crippen LogP contribution >= 0.6 is 0 Å². The fourth-order valence-corrected chi connectivity index (χ4v) is 3.38. The third kappa shape index (κ3) is 2.28. The highest BCUT2D eigenvalue weighted by Gasteiger charge is 2.50. The number of hydrogen-bond acceptors (Lipinski definition) is 4. The zero-order chi connectivity index (χ0) is 13.2. The van der Waals surface area contributed by atoms with Gasteiger partial charge in [-0.15, -0.1) is 0 Å². The number of allylic oxidation sites excluding steroid dienone is 1. The summed E-state index contributed by atoms with van der Waals surface area (Å²) in [5.74, 6) is -1.21. The summed E-state index contributed by atoms with van der Waals surface area (Å²) in [6, 6.07) is 0. The van der Waals surface area contributed by atoms with Crippen molar-refractivity contribution in [3.63, 3.8) is 0 Å². The largest absolute Gasteiger partial charge is 0.511 e. The van der Waals surface area contributed by atoms with Crippen molar-refractivity contribution in [2.24, 2.45) is 11.3 Å². The monoisotopic (exact) mass is 252 g/mol. The van der Waals surface area contributed by atoms with Crippen LogP contribution in [-0.4, -0.2) is 23.5 Å². The molecule has 0 saturated heterocycles. The Morgan fingerprint density at radius 1 is 1.44 bits per heavy atom. The minimum Gasteiger partial charge on any atom is -0.511 e. The number of carbonyl (C=O) groups excluding carboxylic acids is 2. The highest BCUT2D eigenvalue weighted by atomic mass is 16.5. The minimum atomic E-state index is -0.643. The maximum atomic E-state index is 12.1. The molecule has 0 aromatic heterocycles. The van der Waals surface area contributed by atoms with Gasteiger partial charge in [0.15, 0.2) is 5.78 Å². The first-order valence-corrected chi connectivity index (χ1v) is 6.69. The molecule has 4 nitrogen and oxygen atoms in total. The van der Waals surface area contributed by atoms with E-state index in [1.165, 1.54) is 6.08 Å². The summed E-state index contributed by atoms with van der Waals surface area (Å²) in [5, 5.41) is 9.99. The van der Waals surface area contributed by atoms with Gasteiger partial charge in [0.1, 0.15) is 11.7 Å². The predicted octanol–water partition coefficient (Wildman–Crippen LogP) is 2.53. The van der Waals surface area contributed by atoms with Crippen LogP contribution in [0.4, 0.5) is 0 Å². The second kappa shape index (κ2) is 5.12. The normalized spacial score (nSPS) is 26.8. The van der Waals surface area contributed by atoms with Crippen molar-refractivity contribution in [2.45, 2.75) is 45.4 Å². The molecule has 0 aromatic carbocycles. The fourth-order valence-electron chi connectivity index (χ4n) is 3.38. The molecule has 2 aliphatic rings. The maximum Gasteiger partial charge on any atom is 0.317 e. The van der Waals surface area contributed by atoms with Gasteiger partial charge < -0.3 is 9.84 Å². The van der Waals surface area contributed by atoms with Crippen LogP contribution in [0.25, 0.3) is 0 Å². The van der Waals surface area contributed by atoms with E-state index in [0.717, 1.165) is 32.1 Å². The highest BCUT2D eigenvalue weighted by Crippen LogP contribution is 2.50. The number of ketones is 1. The zero-order valence-electron chi connectivity index (χ0n) is 10.8. The molecule has 100 valence electrons. The van der Waals surface area contributed by atoms with Crippen LogP contribution in [0.3, 0.4) is 0 Å². The van der Waals surface area contributed by atoms with Crippen LogP contribution in [0.15, 0.2) is 11.8 Å². The van der Waals surface area contributed by atoms with Gasteiger partial charge in [-0.1, -0.05) is 19.3 Å². The lowest BCUT2D eigenvalue weighted by atomic mass is 9.60. The summed E-state index contributed by atoms with van der Waals surface area (Å²) in [6.45, 7) is 2.05. The molecule has 2 rings (SSSR count). The molecule has 0 aliphatic heterocycles. The molecular weight excluding hydrogens is 232 g/mol. The highest BCUT2D eigenvalue weighted by molar-refractivity contribution is 5.94. The Hall–Kier alpha value is -1.32. The standard InChI is InChI=1S/C14H20O4/c1-2-18-13(17)12-11(16)8-10(15)9-14(12)6-4-3-5-7-14/h8,12,16H,2-7,9H2,1H3. The number of hydrogen-bond donors (Lipinski definition) is 1. The van der Waals surface area contributed by atoms with Crippen molar-refractivity contribution in [2.75, 3.05) is 6.61 Å². The van der Waals surface area contributed by atoms with Crippen LogP contribution in [0.5, 0.6) is 0 Å². The number of rotatable bonds is 2. The van der Waals surface area contributed by atoms with E-state index in [0.29, 0.717) is 13.0 Å². The molecule has 0 aromatic rings. The Balaban J connectivity index is 2.32. The van der Waals surface area contributed by atoms with E-state index in [2.05, 4.69) is 0 Å². The molecule has 1 N–H and O–H groups in total. The van der Waals surface area contributed by atoms with Crippen molar-refractivity contribution in [1.82, 2.24) is 0 Å². The zero-order valence-corrected chi connectivity index (χ0v) is 10.8. The van der Waals surface area contributed by atoms with Gasteiger partial charge in [0.2, 0.25) is 0 Å². The molecule has 1 fully saturated rings. The Morgan fingerprint density at radius 3 is 2.72 bits per heavy atom. The van der Waals surface area contributed by atoms with Crippen molar-refractivity contribution in [3.8, 4) is 0 Å². The lowest BCUT2D eigenvalue weighted by Gasteiger charge is -2.43. The van der Waals surface area contributed by atoms with Crippen LogP contribution in [-0.2, 0) is 14.3 Å². The second-order valence-electron chi connectivity index (χ2n) is 5.32. The van der Waals surface area contributed by atoms with Crippen LogP contribution in [0.2, 0.25) is 0 Å². The van der Waals surface area contributed by atoms with Gasteiger partial charge in [0.05, 0.1) is 6.61 Å². The average molecular weight is 252 g/mol. The van der Waals surface area contributed by atoms with Crippen molar-refractivity contribution >= 4 is 11.8 Å². The molecule has 0 radical (unpaired) electrons. The summed E-state index contributed by atoms with van der Waals surface area (Å²) >= 11 is 0. The van der Waals surface area contributed by atoms with E-state index in [1.54, 1.807) is 6.92 Å². The van der Waals surface area contributed by atoms with Crippen LogP contribution in [0.1, 0.15) is 45.4 Å². The van der Waals surface area contributed by atoms with Gasteiger partial charge in [-0.3, -0.25) is 9.59 Å². The molecule has 0 amide bonds. The van der Waals surface area contributed by atoms with Gasteiger partial charge in [0.25, 0.3) is 0 Å². The van der Waals surface area contributed by atoms with E-state index in [9.17, 15) is 14.7 Å². The molecule has 2 aliphatic carbocycles. The first-order valence-electron chi connectivity index (χ1n) is 6.69. The first kappa shape index (κ1) is 13.1. The fraction of sp³-hybridized carbons (Fsp3) is 0.714. The SMILES string of the molecule is CCOC(=O)C1C(O)=CC(=O)CC12CCCCC2. The summed E-state index contributed by atoms with van der Waals surface area (Å²) < 4.78 is 5.06. The molecule has 0 bridgehead atoms. The summed E-state index contributed by atoms with van der Waals surface area (Å²) in [4.78, 5) is 23.7. The van der Waals surface area contributed by atoms with E-state index >= 15 is 0 Å². The van der Waals surface area contributed by atoms with Crippen LogP contribution < -0.4 is 0 Å². The van der Waals surface area contributed by atoms with Gasteiger partial charge in [0, 0.05) is 12.5 Å². The first-order chi connectivity index (χ1) is 8.59. The lowest BCUT2D eigenvalue weighted by Crippen LogP contribution is -2.44. The summed E-state index contributed by atoms with van der Waals surface area (Å²) in [6.07, 6.45) is 6.35. The van der Waals surface area contributed by atoms with Gasteiger partial charge in [-0.2, -0.15) is 0 Å². The van der Waals surface area contributed by atoms with Crippen molar-refractivity contribution in [3.05, 3.63) is 11.8 Å². The van der Waals surface area contributed by atoms with Crippen LogP contribution in [0, 0.1) is 11.3 Å². The van der Waals surface area contributed by atoms with Gasteiger partial charge in [-0.25, -0.2) is 0 Å².